The number of hydrogen-bond acceptors (Lipinski definition) is 6. The van der Waals surface area contributed by atoms with Gasteiger partial charge < -0.3 is 25.0 Å². The zero-order valence-electron chi connectivity index (χ0n) is 17.5. The van der Waals surface area contributed by atoms with Crippen LogP contribution in [0.15, 0.2) is 30.3 Å². The highest BCUT2D eigenvalue weighted by Gasteiger charge is 2.57. The molecule has 1 saturated carbocycles. The maximum atomic E-state index is 12.6. The number of halogens is 2. The Labute approximate surface area is 203 Å². The Morgan fingerprint density at radius 2 is 1.94 bits per heavy atom. The number of carbonyl (C=O) groups is 2. The summed E-state index contributed by atoms with van der Waals surface area (Å²) in [5.74, 6) is -0.0793. The van der Waals surface area contributed by atoms with Crippen LogP contribution in [0.25, 0.3) is 0 Å². The first-order chi connectivity index (χ1) is 15.8. The molecule has 33 heavy (non-hydrogen) atoms. The van der Waals surface area contributed by atoms with Crippen LogP contribution in [-0.4, -0.2) is 46.1 Å². The van der Waals surface area contributed by atoms with Crippen LogP contribution < -0.4 is 15.0 Å². The summed E-state index contributed by atoms with van der Waals surface area (Å²) in [6.45, 7) is 3.23. The van der Waals surface area contributed by atoms with E-state index in [4.69, 9.17) is 27.9 Å². The van der Waals surface area contributed by atoms with Crippen LogP contribution in [0.5, 0.6) is 5.75 Å². The number of aromatic carboxylic acids is 1. The summed E-state index contributed by atoms with van der Waals surface area (Å²) in [5.41, 5.74) is 1.33. The fourth-order valence-corrected chi connectivity index (χ4v) is 5.60. The number of aryl methyl sites for hydroxylation is 1. The van der Waals surface area contributed by atoms with Gasteiger partial charge in [-0.25, -0.2) is 9.78 Å². The number of piperidine rings is 1. The van der Waals surface area contributed by atoms with E-state index >= 15 is 0 Å². The number of para-hydroxylation sites is 1. The van der Waals surface area contributed by atoms with Gasteiger partial charge in [-0.3, -0.25) is 4.79 Å². The zero-order chi connectivity index (χ0) is 23.3. The molecule has 1 aliphatic carbocycles. The van der Waals surface area contributed by atoms with E-state index in [2.05, 4.69) is 20.2 Å². The maximum absolute atomic E-state index is 12.6. The number of carboxylic acids is 1. The minimum absolute atomic E-state index is 0.0481. The SMILES string of the molecule is Cc1[nH]c(C(=O)NC2[C@H]3CN(c4nc(COc5ccccc5)c(C(=O)O)s4)C[C@@H]23)c(Cl)c1Cl. The van der Waals surface area contributed by atoms with Gasteiger partial charge in [0.15, 0.2) is 5.13 Å². The van der Waals surface area contributed by atoms with Gasteiger partial charge in [-0.1, -0.05) is 52.7 Å². The molecule has 8 nitrogen and oxygen atoms in total. The molecule has 3 N–H and O–H groups in total. The molecule has 0 spiro atoms. The van der Waals surface area contributed by atoms with Gasteiger partial charge in [0.05, 0.1) is 10.0 Å². The molecule has 3 atom stereocenters. The number of H-pyrrole nitrogens is 1. The summed E-state index contributed by atoms with van der Waals surface area (Å²) in [6, 6.07) is 9.26. The van der Waals surface area contributed by atoms with E-state index in [0.29, 0.717) is 40.4 Å². The lowest BCUT2D eigenvalue weighted by Crippen LogP contribution is -2.34. The molecule has 172 valence electrons. The van der Waals surface area contributed by atoms with E-state index in [1.165, 1.54) is 0 Å². The predicted octanol–water partition coefficient (Wildman–Crippen LogP) is 4.23. The quantitative estimate of drug-likeness (QED) is 0.442. The number of nitrogens with zero attached hydrogens (tertiary/aromatic N) is 2. The number of anilines is 1. The summed E-state index contributed by atoms with van der Waals surface area (Å²) >= 11 is 13.4. The number of carbonyl (C=O) groups excluding carboxylic acids is 1. The Morgan fingerprint density at radius 3 is 2.55 bits per heavy atom. The summed E-state index contributed by atoms with van der Waals surface area (Å²) < 4.78 is 5.70. The van der Waals surface area contributed by atoms with Gasteiger partial charge in [0, 0.05) is 36.7 Å². The Hall–Kier alpha value is -2.75. The molecule has 0 bridgehead atoms. The second-order valence-corrected chi connectivity index (χ2v) is 9.90. The van der Waals surface area contributed by atoms with Gasteiger partial charge in [0.1, 0.15) is 28.6 Å². The van der Waals surface area contributed by atoms with Gasteiger partial charge >= 0.3 is 5.97 Å². The van der Waals surface area contributed by atoms with E-state index < -0.39 is 5.97 Å². The first-order valence-corrected chi connectivity index (χ1v) is 11.9. The number of aromatic nitrogens is 2. The molecule has 1 unspecified atom stereocenters. The number of amides is 1. The normalized spacial score (nSPS) is 21.1. The van der Waals surface area contributed by atoms with Crippen LogP contribution in [0.2, 0.25) is 10.0 Å². The molecule has 11 heteroatoms. The van der Waals surface area contributed by atoms with Crippen molar-refractivity contribution in [2.45, 2.75) is 19.6 Å². The standard InChI is InChI=1S/C22H20Cl2N4O4S/c1-10-15(23)16(24)18(25-10)20(29)27-17-12-7-28(8-13(12)17)22-26-14(19(33-22)21(30)31)9-32-11-5-3-2-4-6-11/h2-6,12-13,17,25H,7-9H2,1H3,(H,27,29)(H,30,31)/t12-,13+,17?. The summed E-state index contributed by atoms with van der Waals surface area (Å²) in [4.78, 5) is 34.0. The van der Waals surface area contributed by atoms with Gasteiger partial charge in [-0.05, 0) is 19.1 Å². The third kappa shape index (κ3) is 4.16. The molecule has 2 aliphatic rings. The fourth-order valence-electron chi connectivity index (χ4n) is 4.26. The second-order valence-electron chi connectivity index (χ2n) is 8.16. The molecule has 1 amide bonds. The maximum Gasteiger partial charge on any atom is 0.348 e. The summed E-state index contributed by atoms with van der Waals surface area (Å²) in [7, 11) is 0. The third-order valence-corrected chi connectivity index (χ3v) is 8.14. The van der Waals surface area contributed by atoms with Gasteiger partial charge in [0.2, 0.25) is 0 Å². The highest BCUT2D eigenvalue weighted by molar-refractivity contribution is 7.17. The summed E-state index contributed by atoms with van der Waals surface area (Å²) in [5, 5.41) is 13.9. The van der Waals surface area contributed by atoms with Crippen molar-refractivity contribution in [3.8, 4) is 5.75 Å². The molecule has 1 saturated heterocycles. The number of hydrogen-bond donors (Lipinski definition) is 3. The van der Waals surface area contributed by atoms with Gasteiger partial charge in [-0.15, -0.1) is 0 Å². The van der Waals surface area contributed by atoms with Crippen LogP contribution in [0, 0.1) is 18.8 Å². The molecular weight excluding hydrogens is 487 g/mol. The van der Waals surface area contributed by atoms with Gasteiger partial charge in [-0.2, -0.15) is 0 Å². The molecule has 5 rings (SSSR count). The molecule has 3 aromatic rings. The molecule has 1 aromatic carbocycles. The van der Waals surface area contributed by atoms with Crippen LogP contribution in [-0.2, 0) is 6.61 Å². The van der Waals surface area contributed by atoms with Crippen LogP contribution in [0.4, 0.5) is 5.13 Å². The molecule has 2 aromatic heterocycles. The van der Waals surface area contributed by atoms with E-state index in [1.807, 2.05) is 30.3 Å². The second kappa shape index (κ2) is 8.55. The Balaban J connectivity index is 1.22. The van der Waals surface area contributed by atoms with E-state index in [0.717, 1.165) is 11.3 Å². The van der Waals surface area contributed by atoms with Crippen LogP contribution in [0.1, 0.15) is 31.5 Å². The minimum atomic E-state index is -1.02. The number of nitrogens with one attached hydrogen (secondary N) is 2. The van der Waals surface area contributed by atoms with Crippen LogP contribution in [0.3, 0.4) is 0 Å². The molecular formula is C22H20Cl2N4O4S. The monoisotopic (exact) mass is 506 g/mol. The van der Waals surface area contributed by atoms with Crippen molar-refractivity contribution in [3.05, 3.63) is 62.3 Å². The highest BCUT2D eigenvalue weighted by atomic mass is 35.5. The number of thiazole rings is 1. The van der Waals surface area contributed by atoms with Crippen molar-refractivity contribution in [1.29, 1.82) is 0 Å². The Bertz CT molecular complexity index is 1220. The average Bonchev–Trinajstić information content (AvgIpc) is 3.17. The van der Waals surface area contributed by atoms with E-state index in [1.54, 1.807) is 6.92 Å². The number of rotatable bonds is 7. The van der Waals surface area contributed by atoms with E-state index in [-0.39, 0.29) is 46.0 Å². The number of aromatic amines is 1. The van der Waals surface area contributed by atoms with Crippen LogP contribution >= 0.6 is 34.5 Å². The lowest BCUT2D eigenvalue weighted by molar-refractivity contribution is 0.0698. The third-order valence-electron chi connectivity index (χ3n) is 6.04. The fraction of sp³-hybridized carbons (Fsp3) is 0.318. The largest absolute Gasteiger partial charge is 0.487 e. The van der Waals surface area contributed by atoms with Crippen molar-refractivity contribution in [1.82, 2.24) is 15.3 Å². The van der Waals surface area contributed by atoms with Crippen molar-refractivity contribution in [2.24, 2.45) is 11.8 Å². The predicted molar refractivity (Wildman–Crippen MR) is 126 cm³/mol. The number of ether oxygens (including phenoxy) is 1. The topological polar surface area (TPSA) is 108 Å². The van der Waals surface area contributed by atoms with Crippen molar-refractivity contribution < 1.29 is 19.4 Å². The van der Waals surface area contributed by atoms with Gasteiger partial charge in [0.25, 0.3) is 5.91 Å². The molecule has 2 fully saturated rings. The molecule has 0 radical (unpaired) electrons. The van der Waals surface area contributed by atoms with Crippen molar-refractivity contribution in [2.75, 3.05) is 18.0 Å². The molecule has 1 aliphatic heterocycles. The van der Waals surface area contributed by atoms with Crippen molar-refractivity contribution >= 4 is 51.5 Å². The number of carboxylic acid groups (broad SMARTS) is 1. The number of fused-ring (bicyclic) bond motifs is 1. The van der Waals surface area contributed by atoms with Crippen molar-refractivity contribution in [3.63, 3.8) is 0 Å². The lowest BCUT2D eigenvalue weighted by atomic mass is 10.3. The Morgan fingerprint density at radius 1 is 1.24 bits per heavy atom. The number of benzene rings is 1. The smallest absolute Gasteiger partial charge is 0.348 e. The Kier molecular flexibility index (Phi) is 5.72. The summed E-state index contributed by atoms with van der Waals surface area (Å²) in [6.07, 6.45) is 0. The lowest BCUT2D eigenvalue weighted by Gasteiger charge is -2.19. The zero-order valence-corrected chi connectivity index (χ0v) is 19.8. The highest BCUT2D eigenvalue weighted by Crippen LogP contribution is 2.48. The van der Waals surface area contributed by atoms with E-state index in [9.17, 15) is 14.7 Å². The minimum Gasteiger partial charge on any atom is -0.487 e. The first kappa shape index (κ1) is 22.1. The average molecular weight is 507 g/mol. The first-order valence-electron chi connectivity index (χ1n) is 10.3. The molecule has 3 heterocycles.